The van der Waals surface area contributed by atoms with Gasteiger partial charge in [-0.2, -0.15) is 0 Å². The normalized spacial score (nSPS) is 14.2. The Balaban J connectivity index is 1.46. The molecule has 256 valence electrons. The minimum atomic E-state index is -1.05. The summed E-state index contributed by atoms with van der Waals surface area (Å²) in [6.45, 7) is 5.24. The van der Waals surface area contributed by atoms with Gasteiger partial charge < -0.3 is 24.8 Å². The summed E-state index contributed by atoms with van der Waals surface area (Å²) in [7, 11) is 1.90. The standard InChI is InChI=1S/C36H38N4O9/c1-23-31(35(43)47-18-17-39(4)22-26-9-6-5-7-10-26)33(28-11-8-12-30(21-28)40(45)46)32(24(2)37-23)36(44)49-20-19-48-34(42)27-13-15-29(16-14-27)38-25(3)41/h5-16,21,33,37H,17-20,22H2,1-4H3,(H,38,41)/t33-/m1/s1. The quantitative estimate of drug-likeness (QED) is 0.0790. The molecule has 13 nitrogen and oxygen atoms in total. The first-order valence-electron chi connectivity index (χ1n) is 15.5. The van der Waals surface area contributed by atoms with Gasteiger partial charge in [-0.25, -0.2) is 14.4 Å². The van der Waals surface area contributed by atoms with Gasteiger partial charge in [0.05, 0.1) is 27.6 Å². The number of rotatable bonds is 14. The van der Waals surface area contributed by atoms with E-state index in [0.29, 0.717) is 35.7 Å². The van der Waals surface area contributed by atoms with Crippen LogP contribution in [0.25, 0.3) is 0 Å². The first kappa shape index (κ1) is 36.0. The number of anilines is 1. The van der Waals surface area contributed by atoms with E-state index >= 15 is 0 Å². The van der Waals surface area contributed by atoms with Crippen LogP contribution in [-0.4, -0.2) is 67.1 Å². The number of nitrogens with one attached hydrogen (secondary N) is 2. The highest BCUT2D eigenvalue weighted by Crippen LogP contribution is 2.40. The molecule has 0 bridgehead atoms. The lowest BCUT2D eigenvalue weighted by molar-refractivity contribution is -0.384. The monoisotopic (exact) mass is 670 g/mol. The number of carbonyl (C=O) groups excluding carboxylic acids is 4. The number of hydrogen-bond acceptors (Lipinski definition) is 11. The zero-order chi connectivity index (χ0) is 35.5. The number of dihydropyridines is 1. The summed E-state index contributed by atoms with van der Waals surface area (Å²) in [6.07, 6.45) is 0. The molecule has 0 aromatic heterocycles. The molecule has 13 heteroatoms. The molecule has 4 rings (SSSR count). The highest BCUT2D eigenvalue weighted by atomic mass is 16.6. The molecule has 0 unspecified atom stereocenters. The third-order valence-corrected chi connectivity index (χ3v) is 7.61. The van der Waals surface area contributed by atoms with E-state index in [1.54, 1.807) is 32.0 Å². The van der Waals surface area contributed by atoms with Crippen LogP contribution in [0.15, 0.2) is 101 Å². The Morgan fingerprint density at radius 2 is 1.41 bits per heavy atom. The highest BCUT2D eigenvalue weighted by Gasteiger charge is 2.38. The molecule has 0 saturated heterocycles. The Bertz CT molecular complexity index is 1770. The fourth-order valence-electron chi connectivity index (χ4n) is 5.36. The summed E-state index contributed by atoms with van der Waals surface area (Å²) >= 11 is 0. The molecule has 1 heterocycles. The van der Waals surface area contributed by atoms with Crippen LogP contribution in [0, 0.1) is 10.1 Å². The Kier molecular flexibility index (Phi) is 12.4. The predicted molar refractivity (Wildman–Crippen MR) is 180 cm³/mol. The molecule has 0 fully saturated rings. The SMILES string of the molecule is CC(=O)Nc1ccc(C(=O)OCCOC(=O)C2=C(C)NC(C)=C(C(=O)OCCN(C)Cc3ccccc3)[C@H]2c2cccc([N+](=O)[O-])c2)cc1. The number of likely N-dealkylation sites (N-methyl/N-ethyl adjacent to an activating group) is 1. The molecule has 0 saturated carbocycles. The molecule has 1 aliphatic rings. The summed E-state index contributed by atoms with van der Waals surface area (Å²) in [5, 5.41) is 17.3. The van der Waals surface area contributed by atoms with Crippen LogP contribution < -0.4 is 10.6 Å². The van der Waals surface area contributed by atoms with E-state index in [9.17, 15) is 29.3 Å². The molecule has 1 atom stereocenters. The first-order chi connectivity index (χ1) is 23.4. The molecular weight excluding hydrogens is 632 g/mol. The largest absolute Gasteiger partial charge is 0.461 e. The first-order valence-corrected chi connectivity index (χ1v) is 15.5. The molecule has 3 aromatic rings. The second-order valence-electron chi connectivity index (χ2n) is 11.4. The number of non-ortho nitro benzene ring substituents is 1. The van der Waals surface area contributed by atoms with E-state index in [0.717, 1.165) is 5.56 Å². The maximum atomic E-state index is 13.6. The van der Waals surface area contributed by atoms with Gasteiger partial charge in [-0.1, -0.05) is 42.5 Å². The minimum Gasteiger partial charge on any atom is -0.461 e. The molecule has 3 aromatic carbocycles. The third-order valence-electron chi connectivity index (χ3n) is 7.61. The topological polar surface area (TPSA) is 166 Å². The number of nitro groups is 1. The summed E-state index contributed by atoms with van der Waals surface area (Å²) < 4.78 is 16.4. The molecular formula is C36H38N4O9. The molecule has 1 aliphatic heterocycles. The lowest BCUT2D eigenvalue weighted by Crippen LogP contribution is -2.33. The number of carbonyl (C=O) groups is 4. The third kappa shape index (κ3) is 9.84. The van der Waals surface area contributed by atoms with Crippen LogP contribution in [-0.2, 0) is 35.1 Å². The number of esters is 3. The number of amides is 1. The number of nitrogens with zero attached hydrogens (tertiary/aromatic N) is 2. The van der Waals surface area contributed by atoms with Crippen LogP contribution in [0.4, 0.5) is 11.4 Å². The number of hydrogen-bond donors (Lipinski definition) is 2. The second-order valence-corrected chi connectivity index (χ2v) is 11.4. The van der Waals surface area contributed by atoms with Crippen LogP contribution in [0.2, 0.25) is 0 Å². The van der Waals surface area contributed by atoms with Crippen molar-refractivity contribution < 1.29 is 38.3 Å². The van der Waals surface area contributed by atoms with Crippen LogP contribution in [0.5, 0.6) is 0 Å². The van der Waals surface area contributed by atoms with Crippen molar-refractivity contribution in [3.63, 3.8) is 0 Å². The van der Waals surface area contributed by atoms with Crippen molar-refractivity contribution >= 4 is 35.2 Å². The van der Waals surface area contributed by atoms with E-state index in [-0.39, 0.29) is 48.1 Å². The van der Waals surface area contributed by atoms with Gasteiger partial charge in [0.15, 0.2) is 0 Å². The molecule has 49 heavy (non-hydrogen) atoms. The van der Waals surface area contributed by atoms with Crippen molar-refractivity contribution in [3.8, 4) is 0 Å². The summed E-state index contributed by atoms with van der Waals surface area (Å²) in [5.74, 6) is -3.45. The fraction of sp³-hybridized carbons (Fsp3) is 0.278. The summed E-state index contributed by atoms with van der Waals surface area (Å²) in [5.41, 5.74) is 2.93. The van der Waals surface area contributed by atoms with Gasteiger partial charge in [0.2, 0.25) is 5.91 Å². The van der Waals surface area contributed by atoms with Crippen molar-refractivity contribution in [1.82, 2.24) is 10.2 Å². The van der Waals surface area contributed by atoms with Crippen molar-refractivity contribution in [1.29, 1.82) is 0 Å². The average Bonchev–Trinajstić information content (AvgIpc) is 3.06. The lowest BCUT2D eigenvalue weighted by atomic mass is 9.80. The van der Waals surface area contributed by atoms with Crippen LogP contribution in [0.3, 0.4) is 0 Å². The van der Waals surface area contributed by atoms with Crippen molar-refractivity contribution in [2.75, 3.05) is 38.7 Å². The number of ether oxygens (including phenoxy) is 3. The van der Waals surface area contributed by atoms with E-state index in [2.05, 4.69) is 10.6 Å². The fourth-order valence-corrected chi connectivity index (χ4v) is 5.36. The van der Waals surface area contributed by atoms with Gasteiger partial charge >= 0.3 is 17.9 Å². The van der Waals surface area contributed by atoms with Crippen LogP contribution >= 0.6 is 0 Å². The smallest absolute Gasteiger partial charge is 0.338 e. The maximum Gasteiger partial charge on any atom is 0.338 e. The lowest BCUT2D eigenvalue weighted by Gasteiger charge is -2.30. The molecule has 1 amide bonds. The van der Waals surface area contributed by atoms with Crippen molar-refractivity contribution in [3.05, 3.63) is 128 Å². The van der Waals surface area contributed by atoms with Crippen molar-refractivity contribution in [2.24, 2.45) is 0 Å². The summed E-state index contributed by atoms with van der Waals surface area (Å²) in [4.78, 5) is 64.0. The average molecular weight is 671 g/mol. The minimum absolute atomic E-state index is 0.0548. The van der Waals surface area contributed by atoms with Gasteiger partial charge in [0, 0.05) is 49.2 Å². The van der Waals surface area contributed by atoms with Gasteiger partial charge in [0.25, 0.3) is 5.69 Å². The molecule has 0 radical (unpaired) electrons. The zero-order valence-corrected chi connectivity index (χ0v) is 27.7. The Hall–Kier alpha value is -5.82. The maximum absolute atomic E-state index is 13.6. The van der Waals surface area contributed by atoms with Gasteiger partial charge in [-0.3, -0.25) is 19.8 Å². The van der Waals surface area contributed by atoms with E-state index in [1.165, 1.54) is 37.3 Å². The number of nitro benzene ring substituents is 1. The second kappa shape index (κ2) is 16.8. The van der Waals surface area contributed by atoms with Crippen molar-refractivity contribution in [2.45, 2.75) is 33.2 Å². The van der Waals surface area contributed by atoms with Crippen LogP contribution in [0.1, 0.15) is 48.2 Å². The predicted octanol–water partition coefficient (Wildman–Crippen LogP) is 4.86. The Morgan fingerprint density at radius 1 is 0.816 bits per heavy atom. The molecule has 0 aliphatic carbocycles. The molecule has 0 spiro atoms. The summed E-state index contributed by atoms with van der Waals surface area (Å²) in [6, 6.07) is 21.6. The van der Waals surface area contributed by atoms with E-state index in [1.807, 2.05) is 42.3 Å². The van der Waals surface area contributed by atoms with E-state index in [4.69, 9.17) is 14.2 Å². The Labute approximate surface area is 283 Å². The zero-order valence-electron chi connectivity index (χ0n) is 27.7. The highest BCUT2D eigenvalue weighted by molar-refractivity contribution is 6.00. The number of benzene rings is 3. The van der Waals surface area contributed by atoms with Gasteiger partial charge in [0.1, 0.15) is 19.8 Å². The Morgan fingerprint density at radius 3 is 2.00 bits per heavy atom. The van der Waals surface area contributed by atoms with Gasteiger partial charge in [-0.15, -0.1) is 0 Å². The van der Waals surface area contributed by atoms with E-state index < -0.39 is 28.7 Å². The number of allylic oxidation sites excluding steroid dienone is 2. The van der Waals surface area contributed by atoms with Gasteiger partial charge in [-0.05, 0) is 56.3 Å². The molecule has 2 N–H and O–H groups in total.